The maximum Gasteiger partial charge on any atom is 0.300 e. The predicted octanol–water partition coefficient (Wildman–Crippen LogP) is 2.92. The molecular formula is C20H15FN4O2. The van der Waals surface area contributed by atoms with Gasteiger partial charge in [-0.05, 0) is 25.1 Å². The van der Waals surface area contributed by atoms with Crippen LogP contribution in [0.2, 0.25) is 0 Å². The van der Waals surface area contributed by atoms with E-state index in [1.54, 1.807) is 21.7 Å². The first kappa shape index (κ1) is 15.9. The molecule has 27 heavy (non-hydrogen) atoms. The smallest absolute Gasteiger partial charge is 0.286 e. The number of aromatic nitrogens is 3. The third kappa shape index (κ3) is 2.11. The van der Waals surface area contributed by atoms with Gasteiger partial charge in [-0.3, -0.25) is 14.5 Å². The molecule has 0 unspecified atom stereocenters. The van der Waals surface area contributed by atoms with Crippen LogP contribution in [0.4, 0.5) is 10.1 Å². The Balaban J connectivity index is 1.85. The molecule has 1 fully saturated rings. The zero-order valence-corrected chi connectivity index (χ0v) is 14.5. The third-order valence-corrected chi connectivity index (χ3v) is 5.30. The number of hydrogen-bond donors (Lipinski definition) is 0. The van der Waals surface area contributed by atoms with Gasteiger partial charge in [0, 0.05) is 24.0 Å². The number of carbonyl (C=O) groups excluding carboxylic acids is 1. The summed E-state index contributed by atoms with van der Waals surface area (Å²) in [5, 5.41) is 4.61. The summed E-state index contributed by atoms with van der Waals surface area (Å²) in [5.74, 6) is -0.194. The summed E-state index contributed by atoms with van der Waals surface area (Å²) in [6.45, 7) is 1.86. The Labute approximate surface area is 153 Å². The van der Waals surface area contributed by atoms with Crippen molar-refractivity contribution in [1.82, 2.24) is 14.8 Å². The highest BCUT2D eigenvalue weighted by Crippen LogP contribution is 2.47. The lowest BCUT2D eigenvalue weighted by molar-refractivity contribution is -0.117. The van der Waals surface area contributed by atoms with Crippen LogP contribution in [0.15, 0.2) is 53.3 Å². The second kappa shape index (κ2) is 5.33. The minimum Gasteiger partial charge on any atom is -0.286 e. The van der Waals surface area contributed by atoms with Crippen molar-refractivity contribution < 1.29 is 9.18 Å². The molecule has 134 valence electrons. The zero-order chi connectivity index (χ0) is 18.8. The Kier molecular flexibility index (Phi) is 3.13. The monoisotopic (exact) mass is 362 g/mol. The van der Waals surface area contributed by atoms with E-state index < -0.39 is 17.0 Å². The van der Waals surface area contributed by atoms with E-state index in [9.17, 15) is 14.0 Å². The highest BCUT2D eigenvalue weighted by molar-refractivity contribution is 6.01. The number of rotatable bonds is 1. The van der Waals surface area contributed by atoms with Crippen LogP contribution in [0.5, 0.6) is 0 Å². The van der Waals surface area contributed by atoms with E-state index in [2.05, 4.69) is 10.1 Å². The molecule has 1 saturated heterocycles. The number of benzene rings is 2. The summed E-state index contributed by atoms with van der Waals surface area (Å²) in [5.41, 5.74) is 0.552. The number of amides is 1. The Morgan fingerprint density at radius 3 is 2.67 bits per heavy atom. The van der Waals surface area contributed by atoms with Gasteiger partial charge < -0.3 is 0 Å². The van der Waals surface area contributed by atoms with Gasteiger partial charge in [0.25, 0.3) is 5.56 Å². The zero-order valence-electron chi connectivity index (χ0n) is 14.5. The topological polar surface area (TPSA) is 68.1 Å². The summed E-state index contributed by atoms with van der Waals surface area (Å²) in [6.07, 6.45) is 0.820. The van der Waals surface area contributed by atoms with Crippen LogP contribution in [0.25, 0.3) is 22.6 Å². The second-order valence-corrected chi connectivity index (χ2v) is 6.97. The maximum absolute atomic E-state index is 13.9. The molecule has 0 saturated carbocycles. The largest absolute Gasteiger partial charge is 0.300 e. The maximum atomic E-state index is 13.9. The van der Waals surface area contributed by atoms with Crippen LogP contribution < -0.4 is 10.5 Å². The molecule has 5 rings (SSSR count). The Hall–Kier alpha value is -3.35. The standard InChI is InChI=1S/C20H15FN4O2/c1-20-10-9-16(26)24(20)15-11-13(21)7-8-14(15)18-22-19(27)17(23-25(18)20)12-5-3-2-4-6-12/h2-8,11H,9-10H2,1H3/t20-/m0/s1. The lowest BCUT2D eigenvalue weighted by Crippen LogP contribution is -2.51. The third-order valence-electron chi connectivity index (χ3n) is 5.30. The first-order valence-electron chi connectivity index (χ1n) is 8.69. The van der Waals surface area contributed by atoms with Gasteiger partial charge in [0.05, 0.1) is 5.69 Å². The van der Waals surface area contributed by atoms with Gasteiger partial charge in [-0.1, -0.05) is 30.3 Å². The van der Waals surface area contributed by atoms with Gasteiger partial charge in [0.15, 0.2) is 11.5 Å². The van der Waals surface area contributed by atoms with Crippen LogP contribution >= 0.6 is 0 Å². The lowest BCUT2D eigenvalue weighted by Gasteiger charge is -2.42. The highest BCUT2D eigenvalue weighted by atomic mass is 19.1. The molecule has 2 aliphatic heterocycles. The van der Waals surface area contributed by atoms with Crippen molar-refractivity contribution >= 4 is 11.6 Å². The van der Waals surface area contributed by atoms with E-state index in [0.29, 0.717) is 35.5 Å². The lowest BCUT2D eigenvalue weighted by atomic mass is 10.0. The summed E-state index contributed by atoms with van der Waals surface area (Å²) in [6, 6.07) is 13.3. The van der Waals surface area contributed by atoms with Crippen LogP contribution in [0, 0.1) is 5.82 Å². The molecule has 3 heterocycles. The molecule has 0 radical (unpaired) electrons. The van der Waals surface area contributed by atoms with E-state index in [4.69, 9.17) is 0 Å². The van der Waals surface area contributed by atoms with Crippen LogP contribution in [-0.4, -0.2) is 20.7 Å². The fraction of sp³-hybridized carbons (Fsp3) is 0.200. The fourth-order valence-corrected chi connectivity index (χ4v) is 3.98. The molecule has 0 N–H and O–H groups in total. The summed E-state index contributed by atoms with van der Waals surface area (Å²) >= 11 is 0. The average molecular weight is 362 g/mol. The molecule has 0 bridgehead atoms. The molecule has 0 spiro atoms. The summed E-state index contributed by atoms with van der Waals surface area (Å²) in [7, 11) is 0. The van der Waals surface area contributed by atoms with E-state index in [1.807, 2.05) is 25.1 Å². The molecule has 6 nitrogen and oxygen atoms in total. The minimum absolute atomic E-state index is 0.100. The van der Waals surface area contributed by atoms with Gasteiger partial charge in [-0.25, -0.2) is 9.07 Å². The Morgan fingerprint density at radius 1 is 1.11 bits per heavy atom. The van der Waals surface area contributed by atoms with Crippen molar-refractivity contribution in [2.75, 3.05) is 4.90 Å². The van der Waals surface area contributed by atoms with E-state index >= 15 is 0 Å². The first-order chi connectivity index (χ1) is 13.0. The van der Waals surface area contributed by atoms with Crippen molar-refractivity contribution in [1.29, 1.82) is 0 Å². The average Bonchev–Trinajstić information content (AvgIpc) is 2.98. The van der Waals surface area contributed by atoms with Crippen LogP contribution in [0.3, 0.4) is 0 Å². The molecule has 1 aromatic heterocycles. The molecule has 7 heteroatoms. The van der Waals surface area contributed by atoms with Gasteiger partial charge in [0.1, 0.15) is 11.5 Å². The van der Waals surface area contributed by atoms with E-state index in [0.717, 1.165) is 0 Å². The number of nitrogens with zero attached hydrogens (tertiary/aromatic N) is 4. The molecule has 1 atom stereocenters. The van der Waals surface area contributed by atoms with Crippen molar-refractivity contribution in [3.05, 3.63) is 64.7 Å². The Morgan fingerprint density at radius 2 is 1.89 bits per heavy atom. The summed E-state index contributed by atoms with van der Waals surface area (Å²) < 4.78 is 15.5. The predicted molar refractivity (Wildman–Crippen MR) is 97.5 cm³/mol. The van der Waals surface area contributed by atoms with Gasteiger partial charge in [-0.15, -0.1) is 0 Å². The van der Waals surface area contributed by atoms with Crippen molar-refractivity contribution in [3.8, 4) is 22.6 Å². The Bertz CT molecular complexity index is 1160. The number of carbonyl (C=O) groups is 1. The van der Waals surface area contributed by atoms with Crippen molar-refractivity contribution in [2.24, 2.45) is 0 Å². The molecular weight excluding hydrogens is 347 g/mol. The van der Waals surface area contributed by atoms with Crippen molar-refractivity contribution in [3.63, 3.8) is 0 Å². The minimum atomic E-state index is -0.836. The summed E-state index contributed by atoms with van der Waals surface area (Å²) in [4.78, 5) is 31.1. The van der Waals surface area contributed by atoms with E-state index in [-0.39, 0.29) is 11.6 Å². The SMILES string of the molecule is C[C@]12CCC(=O)N1c1cc(F)ccc1-c1nc(=O)c(-c3ccccc3)nn12. The van der Waals surface area contributed by atoms with Crippen molar-refractivity contribution in [2.45, 2.75) is 25.4 Å². The normalized spacial score (nSPS) is 20.2. The number of hydrogen-bond acceptors (Lipinski definition) is 4. The number of anilines is 1. The first-order valence-corrected chi connectivity index (χ1v) is 8.69. The molecule has 2 aliphatic rings. The van der Waals surface area contributed by atoms with Gasteiger partial charge in [0.2, 0.25) is 5.91 Å². The molecule has 0 aliphatic carbocycles. The molecule has 2 aromatic carbocycles. The number of fused-ring (bicyclic) bond motifs is 6. The van der Waals surface area contributed by atoms with Crippen LogP contribution in [-0.2, 0) is 10.5 Å². The molecule has 1 amide bonds. The van der Waals surface area contributed by atoms with Gasteiger partial charge in [-0.2, -0.15) is 10.1 Å². The van der Waals surface area contributed by atoms with Gasteiger partial charge >= 0.3 is 0 Å². The highest BCUT2D eigenvalue weighted by Gasteiger charge is 2.50. The van der Waals surface area contributed by atoms with Crippen LogP contribution in [0.1, 0.15) is 19.8 Å². The second-order valence-electron chi connectivity index (χ2n) is 6.97. The molecule has 3 aromatic rings. The number of halogens is 1. The van der Waals surface area contributed by atoms with E-state index in [1.165, 1.54) is 18.2 Å². The fourth-order valence-electron chi connectivity index (χ4n) is 3.98. The quantitative estimate of drug-likeness (QED) is 0.668.